The van der Waals surface area contributed by atoms with Gasteiger partial charge in [0.25, 0.3) is 0 Å². The van der Waals surface area contributed by atoms with Crippen LogP contribution in [0.5, 0.6) is 0 Å². The van der Waals surface area contributed by atoms with E-state index in [0.29, 0.717) is 6.04 Å². The summed E-state index contributed by atoms with van der Waals surface area (Å²) in [5.41, 5.74) is 1.24. The van der Waals surface area contributed by atoms with E-state index in [4.69, 9.17) is 4.99 Å². The summed E-state index contributed by atoms with van der Waals surface area (Å²) in [4.78, 5) is 13.2. The van der Waals surface area contributed by atoms with E-state index in [1.165, 1.54) is 36.4 Å². The van der Waals surface area contributed by atoms with Crippen LogP contribution in [0.25, 0.3) is 0 Å². The van der Waals surface area contributed by atoms with Gasteiger partial charge < -0.3 is 10.6 Å². The van der Waals surface area contributed by atoms with Gasteiger partial charge in [-0.25, -0.2) is 0 Å². The van der Waals surface area contributed by atoms with Crippen LogP contribution in [0, 0.1) is 5.92 Å². The zero-order chi connectivity index (χ0) is 19.6. The molecule has 6 heteroatoms. The van der Waals surface area contributed by atoms with Crippen molar-refractivity contribution in [2.24, 2.45) is 10.9 Å². The Bertz CT molecular complexity index is 693. The zero-order valence-electron chi connectivity index (χ0n) is 17.1. The molecule has 1 unspecified atom stereocenters. The lowest BCUT2D eigenvalue weighted by Crippen LogP contribution is -2.40. The molecule has 0 radical (unpaired) electrons. The first kappa shape index (κ1) is 20.8. The van der Waals surface area contributed by atoms with Crippen molar-refractivity contribution < 1.29 is 0 Å². The van der Waals surface area contributed by atoms with Crippen molar-refractivity contribution in [2.45, 2.75) is 39.2 Å². The highest BCUT2D eigenvalue weighted by atomic mass is 32.1. The summed E-state index contributed by atoms with van der Waals surface area (Å²) in [6.45, 7) is 9.32. The summed E-state index contributed by atoms with van der Waals surface area (Å²) in [6, 6.07) is 8.89. The summed E-state index contributed by atoms with van der Waals surface area (Å²) in [5.74, 6) is 1.74. The number of aliphatic imine (C=N–C) groups is 1. The van der Waals surface area contributed by atoms with Gasteiger partial charge in [-0.1, -0.05) is 19.1 Å². The van der Waals surface area contributed by atoms with E-state index >= 15 is 0 Å². The van der Waals surface area contributed by atoms with E-state index in [1.54, 1.807) is 0 Å². The Morgan fingerprint density at radius 2 is 2.14 bits per heavy atom. The van der Waals surface area contributed by atoms with Crippen LogP contribution in [0.4, 0.5) is 0 Å². The van der Waals surface area contributed by atoms with Crippen molar-refractivity contribution in [3.8, 4) is 0 Å². The number of hydrogen-bond acceptors (Lipinski definition) is 4. The Hall–Kier alpha value is -1.92. The SMILES string of the molecule is CCNC(=NCC(c1cccs1)N1CCC(C)CC1)NCCc1cccnc1. The van der Waals surface area contributed by atoms with Gasteiger partial charge >= 0.3 is 0 Å². The molecule has 3 rings (SSSR count). The maximum Gasteiger partial charge on any atom is 0.191 e. The second-order valence-corrected chi connectivity index (χ2v) is 8.49. The fraction of sp³-hybridized carbons (Fsp3) is 0.545. The summed E-state index contributed by atoms with van der Waals surface area (Å²) in [6.07, 6.45) is 7.26. The van der Waals surface area contributed by atoms with Gasteiger partial charge in [0.1, 0.15) is 0 Å². The van der Waals surface area contributed by atoms with Crippen molar-refractivity contribution in [1.82, 2.24) is 20.5 Å². The van der Waals surface area contributed by atoms with Crippen LogP contribution in [-0.4, -0.2) is 48.6 Å². The van der Waals surface area contributed by atoms with Crippen molar-refractivity contribution in [2.75, 3.05) is 32.7 Å². The number of guanidine groups is 1. The Labute approximate surface area is 173 Å². The predicted octanol–water partition coefficient (Wildman–Crippen LogP) is 3.71. The topological polar surface area (TPSA) is 52.6 Å². The molecular weight excluding hydrogens is 366 g/mol. The average molecular weight is 400 g/mol. The maximum atomic E-state index is 4.94. The van der Waals surface area contributed by atoms with Crippen molar-refractivity contribution >= 4 is 17.3 Å². The van der Waals surface area contributed by atoms with Crippen molar-refractivity contribution in [3.63, 3.8) is 0 Å². The number of aromatic nitrogens is 1. The Balaban J connectivity index is 1.60. The first-order valence-electron chi connectivity index (χ1n) is 10.4. The van der Waals surface area contributed by atoms with Crippen LogP contribution in [0.15, 0.2) is 47.0 Å². The molecule has 0 amide bonds. The van der Waals surface area contributed by atoms with E-state index in [2.05, 4.69) is 57.9 Å². The molecule has 1 aliphatic heterocycles. The lowest BCUT2D eigenvalue weighted by Gasteiger charge is -2.35. The predicted molar refractivity (Wildman–Crippen MR) is 119 cm³/mol. The zero-order valence-corrected chi connectivity index (χ0v) is 17.9. The minimum absolute atomic E-state index is 0.376. The third-order valence-electron chi connectivity index (χ3n) is 5.33. The van der Waals surface area contributed by atoms with Crippen LogP contribution in [-0.2, 0) is 6.42 Å². The van der Waals surface area contributed by atoms with E-state index in [9.17, 15) is 0 Å². The van der Waals surface area contributed by atoms with E-state index in [1.807, 2.05) is 29.8 Å². The number of nitrogens with one attached hydrogen (secondary N) is 2. The number of piperidine rings is 1. The van der Waals surface area contributed by atoms with Crippen LogP contribution < -0.4 is 10.6 Å². The van der Waals surface area contributed by atoms with Gasteiger partial charge in [0.15, 0.2) is 5.96 Å². The quantitative estimate of drug-likeness (QED) is 0.525. The van der Waals surface area contributed by atoms with Gasteiger partial charge in [0.2, 0.25) is 0 Å². The summed E-state index contributed by atoms with van der Waals surface area (Å²) >= 11 is 1.85. The van der Waals surface area contributed by atoms with Gasteiger partial charge in [-0.2, -0.15) is 0 Å². The molecule has 3 heterocycles. The third-order valence-corrected chi connectivity index (χ3v) is 6.30. The van der Waals surface area contributed by atoms with Crippen LogP contribution >= 0.6 is 11.3 Å². The molecule has 1 saturated heterocycles. The highest BCUT2D eigenvalue weighted by Gasteiger charge is 2.25. The molecule has 28 heavy (non-hydrogen) atoms. The van der Waals surface area contributed by atoms with Crippen LogP contribution in [0.2, 0.25) is 0 Å². The third kappa shape index (κ3) is 6.31. The van der Waals surface area contributed by atoms with Gasteiger partial charge in [0.05, 0.1) is 12.6 Å². The molecule has 0 aromatic carbocycles. The Morgan fingerprint density at radius 1 is 1.29 bits per heavy atom. The number of nitrogens with zero attached hydrogens (tertiary/aromatic N) is 3. The summed E-state index contributed by atoms with van der Waals surface area (Å²) < 4.78 is 0. The Kier molecular flexibility index (Phi) is 8.30. The normalized spacial score (nSPS) is 17.4. The van der Waals surface area contributed by atoms with Gasteiger partial charge in [-0.3, -0.25) is 14.9 Å². The summed E-state index contributed by atoms with van der Waals surface area (Å²) in [7, 11) is 0. The number of thiophene rings is 1. The first-order chi connectivity index (χ1) is 13.8. The molecular formula is C22H33N5S. The molecule has 0 saturated carbocycles. The maximum absolute atomic E-state index is 4.94. The number of pyridine rings is 1. The lowest BCUT2D eigenvalue weighted by atomic mass is 9.97. The molecule has 2 aromatic rings. The molecule has 0 bridgehead atoms. The van der Waals surface area contributed by atoms with Crippen molar-refractivity contribution in [1.29, 1.82) is 0 Å². The summed E-state index contributed by atoms with van der Waals surface area (Å²) in [5, 5.41) is 9.04. The fourth-order valence-electron chi connectivity index (χ4n) is 3.60. The molecule has 5 nitrogen and oxygen atoms in total. The largest absolute Gasteiger partial charge is 0.357 e. The highest BCUT2D eigenvalue weighted by molar-refractivity contribution is 7.10. The monoisotopic (exact) mass is 399 g/mol. The second-order valence-electron chi connectivity index (χ2n) is 7.51. The van der Waals surface area contributed by atoms with E-state index in [0.717, 1.165) is 37.9 Å². The smallest absolute Gasteiger partial charge is 0.191 e. The number of hydrogen-bond donors (Lipinski definition) is 2. The molecule has 0 aliphatic carbocycles. The van der Waals surface area contributed by atoms with E-state index < -0.39 is 0 Å². The number of likely N-dealkylation sites (tertiary alicyclic amines) is 1. The second kappa shape index (κ2) is 11.2. The Morgan fingerprint density at radius 3 is 2.82 bits per heavy atom. The molecule has 2 aromatic heterocycles. The first-order valence-corrected chi connectivity index (χ1v) is 11.3. The lowest BCUT2D eigenvalue weighted by molar-refractivity contribution is 0.143. The minimum atomic E-state index is 0.376. The van der Waals surface area contributed by atoms with Gasteiger partial charge in [-0.05, 0) is 68.3 Å². The fourth-order valence-corrected chi connectivity index (χ4v) is 4.45. The van der Waals surface area contributed by atoms with E-state index in [-0.39, 0.29) is 0 Å². The molecule has 1 fully saturated rings. The van der Waals surface area contributed by atoms with Crippen LogP contribution in [0.1, 0.15) is 43.2 Å². The van der Waals surface area contributed by atoms with Crippen molar-refractivity contribution in [3.05, 3.63) is 52.5 Å². The molecule has 1 atom stereocenters. The molecule has 0 spiro atoms. The van der Waals surface area contributed by atoms with Gasteiger partial charge in [-0.15, -0.1) is 11.3 Å². The molecule has 1 aliphatic rings. The van der Waals surface area contributed by atoms with Gasteiger partial charge in [0, 0.05) is 30.4 Å². The van der Waals surface area contributed by atoms with Crippen LogP contribution in [0.3, 0.4) is 0 Å². The molecule has 2 N–H and O–H groups in total. The standard InChI is InChI=1S/C22H33N5S/c1-3-24-22(25-12-8-19-6-4-11-23-16-19)26-17-20(21-7-5-15-28-21)27-13-9-18(2)10-14-27/h4-7,11,15-16,18,20H,3,8-10,12-14,17H2,1-2H3,(H2,24,25,26). The average Bonchev–Trinajstić information content (AvgIpc) is 3.25. The molecule has 152 valence electrons. The number of rotatable bonds is 8. The minimum Gasteiger partial charge on any atom is -0.357 e. The highest BCUT2D eigenvalue weighted by Crippen LogP contribution is 2.29.